The zero-order chi connectivity index (χ0) is 12.4. The molecule has 1 fully saturated rings. The number of nitrogens with zero attached hydrogens (tertiary/aromatic N) is 2. The summed E-state index contributed by atoms with van der Waals surface area (Å²) in [6.07, 6.45) is 5.30. The summed E-state index contributed by atoms with van der Waals surface area (Å²) in [5, 5.41) is 0. The molecule has 94 valence electrons. The first-order chi connectivity index (χ1) is 8.08. The van der Waals surface area contributed by atoms with Crippen LogP contribution in [-0.4, -0.2) is 18.1 Å². The molecule has 0 amide bonds. The molecule has 1 aliphatic carbocycles. The summed E-state index contributed by atoms with van der Waals surface area (Å²) in [4.78, 5) is 7.00. The van der Waals surface area contributed by atoms with Crippen molar-refractivity contribution in [3.63, 3.8) is 0 Å². The monoisotopic (exact) mass is 296 g/mol. The van der Waals surface area contributed by atoms with Crippen LogP contribution in [0.15, 0.2) is 16.6 Å². The Morgan fingerprint density at radius 1 is 1.24 bits per heavy atom. The summed E-state index contributed by atoms with van der Waals surface area (Å²) < 4.78 is 1.09. The molecule has 3 heteroatoms. The predicted molar refractivity (Wildman–Crippen MR) is 76.5 cm³/mol. The maximum absolute atomic E-state index is 4.65. The quantitative estimate of drug-likeness (QED) is 0.814. The van der Waals surface area contributed by atoms with E-state index < -0.39 is 0 Å². The number of hydrogen-bond donors (Lipinski definition) is 0. The lowest BCUT2D eigenvalue weighted by molar-refractivity contribution is 0.340. The van der Waals surface area contributed by atoms with Gasteiger partial charge >= 0.3 is 0 Å². The molecule has 0 atom stereocenters. The van der Waals surface area contributed by atoms with Crippen molar-refractivity contribution in [2.75, 3.05) is 11.9 Å². The highest BCUT2D eigenvalue weighted by Crippen LogP contribution is 2.29. The van der Waals surface area contributed by atoms with Crippen LogP contribution in [0.3, 0.4) is 0 Å². The van der Waals surface area contributed by atoms with Crippen molar-refractivity contribution in [3.05, 3.63) is 22.3 Å². The Bertz CT molecular complexity index is 384. The highest BCUT2D eigenvalue weighted by molar-refractivity contribution is 9.10. The molecule has 2 rings (SSSR count). The molecule has 2 nitrogen and oxygen atoms in total. The van der Waals surface area contributed by atoms with Crippen LogP contribution in [-0.2, 0) is 0 Å². The van der Waals surface area contributed by atoms with Gasteiger partial charge in [0.05, 0.1) is 5.69 Å². The van der Waals surface area contributed by atoms with Crippen molar-refractivity contribution in [1.29, 1.82) is 0 Å². The van der Waals surface area contributed by atoms with Crippen LogP contribution in [0.2, 0.25) is 0 Å². The van der Waals surface area contributed by atoms with Crippen LogP contribution in [0.25, 0.3) is 0 Å². The largest absolute Gasteiger partial charge is 0.357 e. The van der Waals surface area contributed by atoms with Crippen LogP contribution < -0.4 is 4.90 Å². The normalized spacial score (nSPS) is 24.7. The Kier molecular flexibility index (Phi) is 4.08. The van der Waals surface area contributed by atoms with Gasteiger partial charge in [-0.05, 0) is 66.6 Å². The minimum absolute atomic E-state index is 0.666. The maximum atomic E-state index is 4.65. The lowest BCUT2D eigenvalue weighted by atomic mass is 9.87. The zero-order valence-electron chi connectivity index (χ0n) is 10.9. The standard InChI is InChI=1S/C14H21BrN2/c1-10-4-6-12(7-5-10)17(3)14-9-8-13(15)11(2)16-14/h8-10,12H,4-7H2,1-3H3. The van der Waals surface area contributed by atoms with Gasteiger partial charge in [0.2, 0.25) is 0 Å². The van der Waals surface area contributed by atoms with Crippen LogP contribution >= 0.6 is 15.9 Å². The molecule has 1 aliphatic rings. The molecular formula is C14H21BrN2. The van der Waals surface area contributed by atoms with Crippen molar-refractivity contribution in [2.45, 2.75) is 45.6 Å². The molecule has 0 saturated heterocycles. The molecule has 0 spiro atoms. The van der Waals surface area contributed by atoms with Gasteiger partial charge in [0.25, 0.3) is 0 Å². The van der Waals surface area contributed by atoms with E-state index in [1.165, 1.54) is 25.7 Å². The van der Waals surface area contributed by atoms with Crippen molar-refractivity contribution in [1.82, 2.24) is 4.98 Å². The van der Waals surface area contributed by atoms with E-state index in [1.54, 1.807) is 0 Å². The number of pyridine rings is 1. The second kappa shape index (κ2) is 5.38. The molecule has 17 heavy (non-hydrogen) atoms. The fourth-order valence-electron chi connectivity index (χ4n) is 2.54. The van der Waals surface area contributed by atoms with E-state index in [0.717, 1.165) is 21.9 Å². The van der Waals surface area contributed by atoms with Gasteiger partial charge in [-0.1, -0.05) is 6.92 Å². The molecule has 0 aliphatic heterocycles. The first kappa shape index (κ1) is 12.9. The average molecular weight is 297 g/mol. The number of hydrogen-bond acceptors (Lipinski definition) is 2. The SMILES string of the molecule is Cc1nc(N(C)C2CCC(C)CC2)ccc1Br. The number of aromatic nitrogens is 1. The zero-order valence-corrected chi connectivity index (χ0v) is 12.5. The van der Waals surface area contributed by atoms with Crippen LogP contribution in [0, 0.1) is 12.8 Å². The van der Waals surface area contributed by atoms with Gasteiger partial charge in [0, 0.05) is 17.6 Å². The highest BCUT2D eigenvalue weighted by Gasteiger charge is 2.22. The molecule has 0 radical (unpaired) electrons. The first-order valence-electron chi connectivity index (χ1n) is 6.44. The number of aryl methyl sites for hydroxylation is 1. The molecule has 1 aromatic heterocycles. The molecule has 0 unspecified atom stereocenters. The van der Waals surface area contributed by atoms with Gasteiger partial charge < -0.3 is 4.90 Å². The third kappa shape index (κ3) is 3.01. The maximum Gasteiger partial charge on any atom is 0.128 e. The lowest BCUT2D eigenvalue weighted by Crippen LogP contribution is -2.35. The Morgan fingerprint density at radius 2 is 1.88 bits per heavy atom. The van der Waals surface area contributed by atoms with Crippen LogP contribution in [0.1, 0.15) is 38.3 Å². The lowest BCUT2D eigenvalue weighted by Gasteiger charge is -2.34. The third-order valence-corrected chi connectivity index (χ3v) is 4.74. The van der Waals surface area contributed by atoms with E-state index >= 15 is 0 Å². The fraction of sp³-hybridized carbons (Fsp3) is 0.643. The van der Waals surface area contributed by atoms with Gasteiger partial charge in [-0.15, -0.1) is 0 Å². The second-order valence-corrected chi connectivity index (χ2v) is 6.12. The third-order valence-electron chi connectivity index (χ3n) is 3.90. The van der Waals surface area contributed by atoms with E-state index in [1.807, 2.05) is 6.92 Å². The summed E-state index contributed by atoms with van der Waals surface area (Å²) in [6.45, 7) is 4.41. The van der Waals surface area contributed by atoms with Gasteiger partial charge in [-0.3, -0.25) is 0 Å². The van der Waals surface area contributed by atoms with E-state index in [-0.39, 0.29) is 0 Å². The molecule has 1 aromatic rings. The van der Waals surface area contributed by atoms with E-state index in [2.05, 4.69) is 51.9 Å². The smallest absolute Gasteiger partial charge is 0.128 e. The average Bonchev–Trinajstić information content (AvgIpc) is 2.33. The number of halogens is 1. The van der Waals surface area contributed by atoms with Gasteiger partial charge in [-0.25, -0.2) is 4.98 Å². The van der Waals surface area contributed by atoms with Crippen molar-refractivity contribution < 1.29 is 0 Å². The summed E-state index contributed by atoms with van der Waals surface area (Å²) in [5.41, 5.74) is 1.07. The fourth-order valence-corrected chi connectivity index (χ4v) is 2.76. The number of anilines is 1. The minimum Gasteiger partial charge on any atom is -0.357 e. The molecule has 1 heterocycles. The van der Waals surface area contributed by atoms with Gasteiger partial charge in [0.1, 0.15) is 5.82 Å². The summed E-state index contributed by atoms with van der Waals surface area (Å²) in [6, 6.07) is 4.87. The van der Waals surface area contributed by atoms with Crippen molar-refractivity contribution >= 4 is 21.7 Å². The highest BCUT2D eigenvalue weighted by atomic mass is 79.9. The Balaban J connectivity index is 2.08. The van der Waals surface area contributed by atoms with Crippen molar-refractivity contribution in [2.24, 2.45) is 5.92 Å². The molecule has 0 bridgehead atoms. The van der Waals surface area contributed by atoms with Crippen LogP contribution in [0.5, 0.6) is 0 Å². The Labute approximate surface area is 113 Å². The summed E-state index contributed by atoms with van der Waals surface area (Å²) in [7, 11) is 2.18. The number of rotatable bonds is 2. The molecule has 1 saturated carbocycles. The minimum atomic E-state index is 0.666. The topological polar surface area (TPSA) is 16.1 Å². The second-order valence-electron chi connectivity index (χ2n) is 5.26. The predicted octanol–water partition coefficient (Wildman–Crippen LogP) is 4.17. The Hall–Kier alpha value is -0.570. The van der Waals surface area contributed by atoms with Gasteiger partial charge in [0.15, 0.2) is 0 Å². The Morgan fingerprint density at radius 3 is 2.47 bits per heavy atom. The van der Waals surface area contributed by atoms with Gasteiger partial charge in [-0.2, -0.15) is 0 Å². The van der Waals surface area contributed by atoms with E-state index in [4.69, 9.17) is 0 Å². The van der Waals surface area contributed by atoms with Crippen molar-refractivity contribution in [3.8, 4) is 0 Å². The summed E-state index contributed by atoms with van der Waals surface area (Å²) >= 11 is 3.50. The molecular weight excluding hydrogens is 276 g/mol. The van der Waals surface area contributed by atoms with E-state index in [9.17, 15) is 0 Å². The summed E-state index contributed by atoms with van der Waals surface area (Å²) in [5.74, 6) is 2.00. The van der Waals surface area contributed by atoms with Crippen LogP contribution in [0.4, 0.5) is 5.82 Å². The van der Waals surface area contributed by atoms with E-state index in [0.29, 0.717) is 6.04 Å². The molecule has 0 N–H and O–H groups in total. The first-order valence-corrected chi connectivity index (χ1v) is 7.23. The molecule has 0 aromatic carbocycles.